The highest BCUT2D eigenvalue weighted by Gasteiger charge is 2.43. The minimum Gasteiger partial charge on any atom is -0.480 e. The molecule has 0 aromatic heterocycles. The van der Waals surface area contributed by atoms with Gasteiger partial charge in [0.2, 0.25) is 0 Å². The number of carbonyl (C=O) groups is 1. The van der Waals surface area contributed by atoms with Crippen LogP contribution in [0.5, 0.6) is 0 Å². The number of likely N-dealkylation sites (N-methyl/N-ethyl adjacent to an activating group) is 1. The molecule has 1 heterocycles. The van der Waals surface area contributed by atoms with Gasteiger partial charge in [-0.2, -0.15) is 0 Å². The van der Waals surface area contributed by atoms with Crippen LogP contribution in [0, 0.1) is 5.92 Å². The van der Waals surface area contributed by atoms with Crippen molar-refractivity contribution in [1.82, 2.24) is 10.2 Å². The Hall–Kier alpha value is -1.39. The van der Waals surface area contributed by atoms with Crippen LogP contribution in [-0.4, -0.2) is 41.7 Å². The molecule has 0 spiro atoms. The maximum absolute atomic E-state index is 12.1. The molecule has 0 aliphatic carbocycles. The van der Waals surface area contributed by atoms with Crippen molar-refractivity contribution < 1.29 is 9.90 Å². The van der Waals surface area contributed by atoms with E-state index in [1.165, 1.54) is 0 Å². The van der Waals surface area contributed by atoms with Gasteiger partial charge in [-0.25, -0.2) is 4.79 Å². The zero-order valence-electron chi connectivity index (χ0n) is 13.2. The Balaban J connectivity index is 2.34. The van der Waals surface area contributed by atoms with Gasteiger partial charge in [0.05, 0.1) is 0 Å². The van der Waals surface area contributed by atoms with Crippen LogP contribution in [0.15, 0.2) is 30.3 Å². The van der Waals surface area contributed by atoms with Gasteiger partial charge >= 0.3 is 5.97 Å². The molecule has 0 radical (unpaired) electrons. The molecule has 1 aromatic rings. The largest absolute Gasteiger partial charge is 0.480 e. The molecule has 2 rings (SSSR count). The molecule has 1 fully saturated rings. The van der Waals surface area contributed by atoms with Crippen molar-refractivity contribution in [2.45, 2.75) is 38.8 Å². The third kappa shape index (κ3) is 3.27. The Bertz CT molecular complexity index is 477. The van der Waals surface area contributed by atoms with Crippen LogP contribution in [0.3, 0.4) is 0 Å². The van der Waals surface area contributed by atoms with Gasteiger partial charge in [0.1, 0.15) is 0 Å². The number of nitrogens with zero attached hydrogens (tertiary/aromatic N) is 1. The monoisotopic (exact) mass is 290 g/mol. The van der Waals surface area contributed by atoms with Gasteiger partial charge < -0.3 is 5.11 Å². The van der Waals surface area contributed by atoms with Crippen LogP contribution in [-0.2, 0) is 10.3 Å². The lowest BCUT2D eigenvalue weighted by Crippen LogP contribution is -2.57. The summed E-state index contributed by atoms with van der Waals surface area (Å²) in [6.07, 6.45) is 1.14. The molecule has 1 aliphatic heterocycles. The minimum absolute atomic E-state index is 0.432. The number of aliphatic carboxylic acids is 1. The summed E-state index contributed by atoms with van der Waals surface area (Å²) in [6.45, 7) is 8.47. The fourth-order valence-corrected chi connectivity index (χ4v) is 3.45. The lowest BCUT2D eigenvalue weighted by atomic mass is 9.88. The summed E-state index contributed by atoms with van der Waals surface area (Å²) in [5.41, 5.74) is -0.208. The van der Waals surface area contributed by atoms with Gasteiger partial charge in [-0.05, 0) is 31.4 Å². The summed E-state index contributed by atoms with van der Waals surface area (Å²) in [6, 6.07) is 9.96. The molecule has 3 atom stereocenters. The maximum Gasteiger partial charge on any atom is 0.329 e. The Morgan fingerprint density at radius 3 is 2.52 bits per heavy atom. The molecule has 3 unspecified atom stereocenters. The van der Waals surface area contributed by atoms with E-state index in [9.17, 15) is 9.90 Å². The summed E-state index contributed by atoms with van der Waals surface area (Å²) in [5.74, 6) is -0.175. The van der Waals surface area contributed by atoms with Crippen molar-refractivity contribution in [3.8, 4) is 0 Å². The lowest BCUT2D eigenvalue weighted by molar-refractivity contribution is -0.146. The van der Waals surface area contributed by atoms with E-state index in [2.05, 4.69) is 24.1 Å². The van der Waals surface area contributed by atoms with Crippen LogP contribution in [0.25, 0.3) is 0 Å². The molecule has 116 valence electrons. The summed E-state index contributed by atoms with van der Waals surface area (Å²) in [7, 11) is 0. The molecule has 1 aromatic carbocycles. The predicted octanol–water partition coefficient (Wildman–Crippen LogP) is 2.31. The zero-order valence-corrected chi connectivity index (χ0v) is 13.2. The molecule has 2 N–H and O–H groups in total. The van der Waals surface area contributed by atoms with Crippen LogP contribution < -0.4 is 5.32 Å². The summed E-state index contributed by atoms with van der Waals surface area (Å²) in [4.78, 5) is 14.4. The van der Waals surface area contributed by atoms with Crippen molar-refractivity contribution >= 4 is 5.97 Å². The van der Waals surface area contributed by atoms with Crippen LogP contribution in [0.4, 0.5) is 0 Å². The lowest BCUT2D eigenvalue weighted by Gasteiger charge is -2.36. The highest BCUT2D eigenvalue weighted by atomic mass is 16.4. The quantitative estimate of drug-likeness (QED) is 0.844. The van der Waals surface area contributed by atoms with Gasteiger partial charge in [0, 0.05) is 19.1 Å². The first-order valence-electron chi connectivity index (χ1n) is 7.77. The Kier molecular flexibility index (Phi) is 5.01. The van der Waals surface area contributed by atoms with Crippen molar-refractivity contribution in [3.63, 3.8) is 0 Å². The van der Waals surface area contributed by atoms with Crippen LogP contribution in [0.2, 0.25) is 0 Å². The molecule has 1 saturated heterocycles. The van der Waals surface area contributed by atoms with Crippen LogP contribution in [0.1, 0.15) is 32.8 Å². The summed E-state index contributed by atoms with van der Waals surface area (Å²) >= 11 is 0. The van der Waals surface area contributed by atoms with Gasteiger partial charge in [-0.1, -0.05) is 44.2 Å². The maximum atomic E-state index is 12.1. The first-order valence-corrected chi connectivity index (χ1v) is 7.77. The molecular formula is C17H26N2O2. The molecule has 0 amide bonds. The molecule has 0 bridgehead atoms. The smallest absolute Gasteiger partial charge is 0.329 e. The Morgan fingerprint density at radius 2 is 2.05 bits per heavy atom. The van der Waals surface area contributed by atoms with E-state index in [0.717, 1.165) is 18.5 Å². The molecule has 0 saturated carbocycles. The van der Waals surface area contributed by atoms with E-state index in [4.69, 9.17) is 0 Å². The second-order valence-corrected chi connectivity index (χ2v) is 6.23. The average molecular weight is 290 g/mol. The van der Waals surface area contributed by atoms with Crippen LogP contribution >= 0.6 is 0 Å². The molecule has 21 heavy (non-hydrogen) atoms. The van der Waals surface area contributed by atoms with Crippen molar-refractivity contribution in [1.29, 1.82) is 0 Å². The number of hydrogen-bond donors (Lipinski definition) is 2. The summed E-state index contributed by atoms with van der Waals surface area (Å²) in [5, 5.41) is 13.2. The highest BCUT2D eigenvalue weighted by Crippen LogP contribution is 2.29. The number of carboxylic acids is 1. The predicted molar refractivity (Wildman–Crippen MR) is 84.2 cm³/mol. The second kappa shape index (κ2) is 6.58. The fourth-order valence-electron chi connectivity index (χ4n) is 3.45. The van der Waals surface area contributed by atoms with Gasteiger partial charge in [-0.3, -0.25) is 10.2 Å². The molecule has 1 aliphatic rings. The standard InChI is InChI=1S/C17H26N2O2/c1-4-18-17(16(20)21,15-8-6-5-7-9-15)12-19-11-13(2)10-14(19)3/h5-9,13-14,18H,4,10-12H2,1-3H3,(H,20,21). The number of hydrogen-bond acceptors (Lipinski definition) is 3. The minimum atomic E-state index is -1.03. The van der Waals surface area contributed by atoms with E-state index in [1.54, 1.807) is 0 Å². The number of nitrogens with one attached hydrogen (secondary N) is 1. The molecular weight excluding hydrogens is 264 g/mol. The number of rotatable bonds is 6. The van der Waals surface area contributed by atoms with E-state index in [1.807, 2.05) is 37.3 Å². The van der Waals surface area contributed by atoms with Gasteiger partial charge in [0.25, 0.3) is 0 Å². The van der Waals surface area contributed by atoms with Gasteiger partial charge in [0.15, 0.2) is 5.54 Å². The van der Waals surface area contributed by atoms with E-state index in [0.29, 0.717) is 25.0 Å². The third-order valence-corrected chi connectivity index (χ3v) is 4.46. The highest BCUT2D eigenvalue weighted by molar-refractivity contribution is 5.81. The topological polar surface area (TPSA) is 52.6 Å². The van der Waals surface area contributed by atoms with Crippen molar-refractivity contribution in [2.75, 3.05) is 19.6 Å². The van der Waals surface area contributed by atoms with Gasteiger partial charge in [-0.15, -0.1) is 0 Å². The zero-order chi connectivity index (χ0) is 15.5. The first-order chi connectivity index (χ1) is 9.99. The second-order valence-electron chi connectivity index (χ2n) is 6.23. The normalized spacial score (nSPS) is 25.7. The van der Waals surface area contributed by atoms with E-state index >= 15 is 0 Å². The SMILES string of the molecule is CCNC(CN1CC(C)CC1C)(C(=O)O)c1ccccc1. The molecule has 4 nitrogen and oxygen atoms in total. The molecule has 4 heteroatoms. The first kappa shape index (κ1) is 16.0. The third-order valence-electron chi connectivity index (χ3n) is 4.46. The fraction of sp³-hybridized carbons (Fsp3) is 0.588. The number of benzene rings is 1. The van der Waals surface area contributed by atoms with Crippen molar-refractivity contribution in [2.24, 2.45) is 5.92 Å². The van der Waals surface area contributed by atoms with E-state index < -0.39 is 11.5 Å². The summed E-state index contributed by atoms with van der Waals surface area (Å²) < 4.78 is 0. The number of likely N-dealkylation sites (tertiary alicyclic amines) is 1. The van der Waals surface area contributed by atoms with E-state index in [-0.39, 0.29) is 0 Å². The Morgan fingerprint density at radius 1 is 1.38 bits per heavy atom. The van der Waals surface area contributed by atoms with Crippen molar-refractivity contribution in [3.05, 3.63) is 35.9 Å². The Labute approximate surface area is 127 Å². The number of carboxylic acid groups (broad SMARTS) is 1. The average Bonchev–Trinajstić information content (AvgIpc) is 2.77.